The van der Waals surface area contributed by atoms with Gasteiger partial charge in [-0.3, -0.25) is 4.79 Å². The van der Waals surface area contributed by atoms with E-state index in [1.54, 1.807) is 0 Å². The van der Waals surface area contributed by atoms with Gasteiger partial charge in [0.25, 0.3) is 5.97 Å². The average molecular weight is 639 g/mol. The van der Waals surface area contributed by atoms with E-state index < -0.39 is 5.97 Å². The number of carbonyl (C=O) groups is 1. The van der Waals surface area contributed by atoms with E-state index >= 15 is 0 Å². The van der Waals surface area contributed by atoms with Gasteiger partial charge in [-0.1, -0.05) is 170 Å². The van der Waals surface area contributed by atoms with Crippen molar-refractivity contribution in [3.05, 3.63) is 0 Å². The van der Waals surface area contributed by atoms with E-state index in [9.17, 15) is 10.2 Å². The number of carboxylic acid groups (broad SMARTS) is 1. The standard InChI is InChI=1S/2C17H37NO.C2H4O2.ClH/c2*1-4-5-6-7-8-9-10-11-12-13-14-17(2,3)16(19)15-18;1-2(3)4;/h2*16,19H,4-15,18H2,1-3H3;1H3,(H,3,4);1H. The number of carboxylic acids is 1. The largest absolute Gasteiger partial charge is 0.481 e. The predicted octanol–water partition coefficient (Wildman–Crippen LogP) is 9.80. The zero-order chi connectivity index (χ0) is 32.7. The molecule has 2 unspecified atom stereocenters. The highest BCUT2D eigenvalue weighted by Gasteiger charge is 2.26. The lowest BCUT2D eigenvalue weighted by Gasteiger charge is -2.29. The second-order valence-corrected chi connectivity index (χ2v) is 13.9. The van der Waals surface area contributed by atoms with Crippen molar-refractivity contribution in [1.82, 2.24) is 0 Å². The Hall–Kier alpha value is -0.400. The van der Waals surface area contributed by atoms with Gasteiger partial charge in [-0.05, 0) is 23.7 Å². The molecule has 0 radical (unpaired) electrons. The smallest absolute Gasteiger partial charge is 0.300 e. The molecule has 0 aliphatic carbocycles. The average Bonchev–Trinajstić information content (AvgIpc) is 2.94. The zero-order valence-corrected chi connectivity index (χ0v) is 30.8. The molecule has 0 spiro atoms. The highest BCUT2D eigenvalue weighted by Crippen LogP contribution is 2.29. The van der Waals surface area contributed by atoms with Gasteiger partial charge in [0, 0.05) is 20.0 Å². The summed E-state index contributed by atoms with van der Waals surface area (Å²) in [5.41, 5.74) is 11.0. The number of hydrogen-bond donors (Lipinski definition) is 5. The van der Waals surface area contributed by atoms with Gasteiger partial charge in [-0.25, -0.2) is 0 Å². The lowest BCUT2D eigenvalue weighted by molar-refractivity contribution is -0.134. The highest BCUT2D eigenvalue weighted by atomic mass is 35.5. The zero-order valence-electron chi connectivity index (χ0n) is 29.9. The Bertz CT molecular complexity index is 515. The van der Waals surface area contributed by atoms with Crippen LogP contribution in [-0.2, 0) is 4.79 Å². The SMILES string of the molecule is CC(=O)O.CCCCCCCCCCCCC(C)(C)C(O)CN.CCCCCCCCCCCCC(C)(C)C(O)CN.Cl. The topological polar surface area (TPSA) is 130 Å². The summed E-state index contributed by atoms with van der Waals surface area (Å²) in [6.07, 6.45) is 28.8. The number of nitrogens with two attached hydrogens (primary N) is 2. The van der Waals surface area contributed by atoms with Gasteiger partial charge in [0.1, 0.15) is 0 Å². The molecule has 6 nitrogen and oxygen atoms in total. The monoisotopic (exact) mass is 639 g/mol. The van der Waals surface area contributed by atoms with Gasteiger partial charge >= 0.3 is 0 Å². The van der Waals surface area contributed by atoms with Crippen LogP contribution in [0.25, 0.3) is 0 Å². The number of rotatable bonds is 26. The first-order valence-corrected chi connectivity index (χ1v) is 17.8. The van der Waals surface area contributed by atoms with E-state index in [1.807, 2.05) is 0 Å². The maximum atomic E-state index is 9.80. The lowest BCUT2D eigenvalue weighted by atomic mass is 9.81. The summed E-state index contributed by atoms with van der Waals surface area (Å²) in [5.74, 6) is -0.833. The second-order valence-electron chi connectivity index (χ2n) is 13.9. The molecule has 0 aromatic rings. The molecule has 0 aromatic heterocycles. The minimum atomic E-state index is -0.833. The van der Waals surface area contributed by atoms with E-state index in [0.29, 0.717) is 13.1 Å². The van der Waals surface area contributed by atoms with Crippen LogP contribution in [0.4, 0.5) is 0 Å². The molecule has 7 heteroatoms. The summed E-state index contributed by atoms with van der Waals surface area (Å²) in [5, 5.41) is 27.0. The third-order valence-electron chi connectivity index (χ3n) is 8.60. The molecule has 2 atom stereocenters. The minimum absolute atomic E-state index is 0. The molecule has 0 aliphatic heterocycles. The van der Waals surface area contributed by atoms with E-state index in [2.05, 4.69) is 41.5 Å². The van der Waals surface area contributed by atoms with Gasteiger partial charge in [0.15, 0.2) is 0 Å². The van der Waals surface area contributed by atoms with Crippen molar-refractivity contribution in [3.63, 3.8) is 0 Å². The van der Waals surface area contributed by atoms with Crippen molar-refractivity contribution < 1.29 is 20.1 Å². The second kappa shape index (κ2) is 34.5. The molecular weight excluding hydrogens is 560 g/mol. The van der Waals surface area contributed by atoms with Crippen LogP contribution in [0.5, 0.6) is 0 Å². The lowest BCUT2D eigenvalue weighted by Crippen LogP contribution is -2.35. The third kappa shape index (κ3) is 37.7. The molecule has 0 bridgehead atoms. The number of aliphatic carboxylic acids is 1. The summed E-state index contributed by atoms with van der Waals surface area (Å²) in [7, 11) is 0. The van der Waals surface area contributed by atoms with Crippen LogP contribution < -0.4 is 11.5 Å². The van der Waals surface area contributed by atoms with Gasteiger partial charge < -0.3 is 26.8 Å². The van der Waals surface area contributed by atoms with E-state index in [4.69, 9.17) is 21.4 Å². The third-order valence-corrected chi connectivity index (χ3v) is 8.60. The van der Waals surface area contributed by atoms with Crippen LogP contribution in [-0.4, -0.2) is 46.6 Å². The number of aliphatic hydroxyl groups excluding tert-OH is 2. The molecule has 0 fully saturated rings. The predicted molar refractivity (Wildman–Crippen MR) is 191 cm³/mol. The molecule has 0 saturated heterocycles. The Kier molecular flexibility index (Phi) is 39.7. The fraction of sp³-hybridized carbons (Fsp3) is 0.972. The molecule has 0 rings (SSSR count). The molecule has 0 aromatic carbocycles. The van der Waals surface area contributed by atoms with Crippen LogP contribution >= 0.6 is 12.4 Å². The molecule has 0 saturated carbocycles. The first-order chi connectivity index (χ1) is 19.8. The van der Waals surface area contributed by atoms with Gasteiger partial charge in [-0.2, -0.15) is 0 Å². The van der Waals surface area contributed by atoms with Crippen LogP contribution in [0.2, 0.25) is 0 Å². The number of halogens is 1. The minimum Gasteiger partial charge on any atom is -0.481 e. The molecule has 43 heavy (non-hydrogen) atoms. The number of hydrogen-bond acceptors (Lipinski definition) is 5. The Morgan fingerprint density at radius 1 is 0.535 bits per heavy atom. The van der Waals surface area contributed by atoms with Gasteiger partial charge in [0.2, 0.25) is 0 Å². The van der Waals surface area contributed by atoms with E-state index in [-0.39, 0.29) is 35.4 Å². The van der Waals surface area contributed by atoms with Crippen molar-refractivity contribution in [1.29, 1.82) is 0 Å². The Labute approximate surface area is 275 Å². The van der Waals surface area contributed by atoms with Crippen LogP contribution in [0.3, 0.4) is 0 Å². The Morgan fingerprint density at radius 2 is 0.721 bits per heavy atom. The fourth-order valence-corrected chi connectivity index (χ4v) is 5.11. The van der Waals surface area contributed by atoms with E-state index in [0.717, 1.165) is 19.8 Å². The maximum Gasteiger partial charge on any atom is 0.300 e. The quantitative estimate of drug-likeness (QED) is 0.0599. The summed E-state index contributed by atoms with van der Waals surface area (Å²) in [6.45, 7) is 14.9. The van der Waals surface area contributed by atoms with Crippen LogP contribution in [0, 0.1) is 10.8 Å². The first kappa shape index (κ1) is 49.5. The maximum absolute atomic E-state index is 9.80. The number of unbranched alkanes of at least 4 members (excludes halogenated alkanes) is 18. The molecule has 0 amide bonds. The summed E-state index contributed by atoms with van der Waals surface area (Å²) >= 11 is 0. The van der Waals surface area contributed by atoms with E-state index in [1.165, 1.54) is 128 Å². The first-order valence-electron chi connectivity index (χ1n) is 17.8. The van der Waals surface area contributed by atoms with Crippen LogP contribution in [0.1, 0.15) is 190 Å². The normalized spacial score (nSPS) is 12.7. The van der Waals surface area contributed by atoms with Crippen molar-refractivity contribution in [3.8, 4) is 0 Å². The molecule has 264 valence electrons. The summed E-state index contributed by atoms with van der Waals surface area (Å²) in [4.78, 5) is 9.00. The molecule has 7 N–H and O–H groups in total. The molecule has 0 aliphatic rings. The van der Waals surface area contributed by atoms with Gasteiger partial charge in [-0.15, -0.1) is 12.4 Å². The van der Waals surface area contributed by atoms with Gasteiger partial charge in [0.05, 0.1) is 12.2 Å². The Morgan fingerprint density at radius 3 is 0.907 bits per heavy atom. The molecule has 0 heterocycles. The van der Waals surface area contributed by atoms with Crippen molar-refractivity contribution in [2.75, 3.05) is 13.1 Å². The summed E-state index contributed by atoms with van der Waals surface area (Å²) in [6, 6.07) is 0. The van der Waals surface area contributed by atoms with Crippen LogP contribution in [0.15, 0.2) is 0 Å². The fourth-order valence-electron chi connectivity index (χ4n) is 5.11. The van der Waals surface area contributed by atoms with Crippen molar-refractivity contribution in [2.45, 2.75) is 202 Å². The van der Waals surface area contributed by atoms with Crippen molar-refractivity contribution in [2.24, 2.45) is 22.3 Å². The summed E-state index contributed by atoms with van der Waals surface area (Å²) < 4.78 is 0. The Balaban J connectivity index is -0.000000307. The molecular formula is C36H79ClN2O4. The van der Waals surface area contributed by atoms with Crippen molar-refractivity contribution >= 4 is 18.4 Å². The number of aliphatic hydroxyl groups is 2. The highest BCUT2D eigenvalue weighted by molar-refractivity contribution is 5.85.